The quantitative estimate of drug-likeness (QED) is 0.923. The van der Waals surface area contributed by atoms with E-state index in [9.17, 15) is 0 Å². The summed E-state index contributed by atoms with van der Waals surface area (Å²) in [4.78, 5) is 10.9. The lowest BCUT2D eigenvalue weighted by atomic mass is 10.1. The summed E-state index contributed by atoms with van der Waals surface area (Å²) >= 11 is 1.77. The van der Waals surface area contributed by atoms with E-state index in [1.54, 1.807) is 11.3 Å². The first-order valence-electron chi connectivity index (χ1n) is 7.10. The Morgan fingerprint density at radius 3 is 2.32 bits per heavy atom. The summed E-state index contributed by atoms with van der Waals surface area (Å²) in [5, 5.41) is 1.15. The van der Waals surface area contributed by atoms with E-state index < -0.39 is 0 Å². The number of thiazole rings is 1. The van der Waals surface area contributed by atoms with Gasteiger partial charge in [0, 0.05) is 36.6 Å². The Hall–Kier alpha value is -0.650. The lowest BCUT2D eigenvalue weighted by molar-refractivity contribution is 0.170. The predicted octanol–water partition coefficient (Wildman–Crippen LogP) is 2.25. The minimum absolute atomic E-state index is 0.450. The lowest BCUT2D eigenvalue weighted by Crippen LogP contribution is -2.55. The molecule has 0 amide bonds. The van der Waals surface area contributed by atoms with Crippen molar-refractivity contribution in [2.75, 3.05) is 25.0 Å². The largest absolute Gasteiger partial charge is 0.345 e. The van der Waals surface area contributed by atoms with Crippen LogP contribution in [-0.4, -0.2) is 42.1 Å². The Labute approximate surface area is 120 Å². The highest BCUT2D eigenvalue weighted by molar-refractivity contribution is 7.15. The SMILES string of the molecule is CC(C)c1nc(N2CC(C)N(C)C(C)C2)sc1CN. The van der Waals surface area contributed by atoms with Crippen molar-refractivity contribution in [2.45, 2.75) is 52.2 Å². The van der Waals surface area contributed by atoms with Crippen molar-refractivity contribution in [1.29, 1.82) is 0 Å². The van der Waals surface area contributed by atoms with Gasteiger partial charge in [0.1, 0.15) is 0 Å². The zero-order chi connectivity index (χ0) is 14.2. The van der Waals surface area contributed by atoms with Gasteiger partial charge in [0.2, 0.25) is 0 Å². The summed E-state index contributed by atoms with van der Waals surface area (Å²) in [5.41, 5.74) is 7.03. The van der Waals surface area contributed by atoms with E-state index in [-0.39, 0.29) is 0 Å². The van der Waals surface area contributed by atoms with Crippen molar-refractivity contribution < 1.29 is 0 Å². The summed E-state index contributed by atoms with van der Waals surface area (Å²) in [6.07, 6.45) is 0. The number of piperazine rings is 1. The number of rotatable bonds is 3. The van der Waals surface area contributed by atoms with Crippen LogP contribution >= 0.6 is 11.3 Å². The molecule has 2 unspecified atom stereocenters. The monoisotopic (exact) mass is 282 g/mol. The van der Waals surface area contributed by atoms with Crippen molar-refractivity contribution in [3.05, 3.63) is 10.6 Å². The maximum atomic E-state index is 5.85. The molecule has 2 N–H and O–H groups in total. The van der Waals surface area contributed by atoms with Gasteiger partial charge in [-0.05, 0) is 26.8 Å². The van der Waals surface area contributed by atoms with E-state index in [0.29, 0.717) is 24.5 Å². The number of nitrogens with two attached hydrogens (primary N) is 1. The third-order valence-corrected chi connectivity index (χ3v) is 5.23. The standard InChI is InChI=1S/C14H26N4S/c1-9(2)13-12(6-15)19-14(16-13)18-7-10(3)17(5)11(4)8-18/h9-11H,6-8,15H2,1-5H3. The summed E-state index contributed by atoms with van der Waals surface area (Å²) in [7, 11) is 2.21. The van der Waals surface area contributed by atoms with Crippen LogP contribution in [0.15, 0.2) is 0 Å². The number of anilines is 1. The van der Waals surface area contributed by atoms with E-state index in [0.717, 1.165) is 18.2 Å². The molecule has 0 aliphatic carbocycles. The average Bonchev–Trinajstić information content (AvgIpc) is 2.79. The fourth-order valence-electron chi connectivity index (χ4n) is 2.64. The molecule has 0 spiro atoms. The Bertz CT molecular complexity index is 417. The highest BCUT2D eigenvalue weighted by atomic mass is 32.1. The molecule has 2 atom stereocenters. The Balaban J connectivity index is 2.22. The second-order valence-corrected chi connectivity index (χ2v) is 6.99. The van der Waals surface area contributed by atoms with Crippen molar-refractivity contribution in [1.82, 2.24) is 9.88 Å². The molecule has 2 heterocycles. The molecule has 1 aliphatic heterocycles. The van der Waals surface area contributed by atoms with E-state index in [4.69, 9.17) is 10.7 Å². The smallest absolute Gasteiger partial charge is 0.185 e. The number of likely N-dealkylation sites (N-methyl/N-ethyl adjacent to an activating group) is 1. The van der Waals surface area contributed by atoms with E-state index in [1.165, 1.54) is 10.6 Å². The molecule has 0 bridgehead atoms. The summed E-state index contributed by atoms with van der Waals surface area (Å²) in [5.74, 6) is 0.450. The molecule has 1 aromatic heterocycles. The van der Waals surface area contributed by atoms with Gasteiger partial charge in [-0.25, -0.2) is 4.98 Å². The molecule has 4 nitrogen and oxygen atoms in total. The number of hydrogen-bond acceptors (Lipinski definition) is 5. The van der Waals surface area contributed by atoms with Crippen LogP contribution in [0, 0.1) is 0 Å². The van der Waals surface area contributed by atoms with Crippen LogP contribution < -0.4 is 10.6 Å². The van der Waals surface area contributed by atoms with Crippen molar-refractivity contribution in [3.8, 4) is 0 Å². The fraction of sp³-hybridized carbons (Fsp3) is 0.786. The molecule has 19 heavy (non-hydrogen) atoms. The summed E-state index contributed by atoms with van der Waals surface area (Å²) < 4.78 is 0. The normalized spacial score (nSPS) is 25.3. The molecule has 1 aliphatic rings. The van der Waals surface area contributed by atoms with Crippen molar-refractivity contribution in [2.24, 2.45) is 5.73 Å². The molecule has 1 fully saturated rings. The summed E-state index contributed by atoms with van der Waals surface area (Å²) in [6.45, 7) is 11.6. The molecule has 108 valence electrons. The minimum Gasteiger partial charge on any atom is -0.345 e. The van der Waals surface area contributed by atoms with Gasteiger partial charge in [-0.2, -0.15) is 0 Å². The Morgan fingerprint density at radius 1 is 1.32 bits per heavy atom. The van der Waals surface area contributed by atoms with Crippen LogP contribution in [0.3, 0.4) is 0 Å². The molecule has 0 aromatic carbocycles. The Kier molecular flexibility index (Phi) is 4.48. The Morgan fingerprint density at radius 2 is 1.89 bits per heavy atom. The van der Waals surface area contributed by atoms with E-state index in [1.807, 2.05) is 0 Å². The summed E-state index contributed by atoms with van der Waals surface area (Å²) in [6, 6.07) is 1.13. The molecule has 1 saturated heterocycles. The first kappa shape index (κ1) is 14.8. The minimum atomic E-state index is 0.450. The second-order valence-electron chi connectivity index (χ2n) is 5.93. The fourth-order valence-corrected chi connectivity index (χ4v) is 3.76. The molecule has 5 heteroatoms. The third-order valence-electron chi connectivity index (χ3n) is 4.08. The number of hydrogen-bond donors (Lipinski definition) is 1. The van der Waals surface area contributed by atoms with Gasteiger partial charge in [0.15, 0.2) is 5.13 Å². The van der Waals surface area contributed by atoms with Gasteiger partial charge in [-0.1, -0.05) is 13.8 Å². The van der Waals surface area contributed by atoms with Gasteiger partial charge in [-0.15, -0.1) is 11.3 Å². The predicted molar refractivity (Wildman–Crippen MR) is 83.0 cm³/mol. The zero-order valence-electron chi connectivity index (χ0n) is 12.7. The van der Waals surface area contributed by atoms with Crippen LogP contribution in [-0.2, 0) is 6.54 Å². The van der Waals surface area contributed by atoms with Gasteiger partial charge in [0.25, 0.3) is 0 Å². The maximum absolute atomic E-state index is 5.85. The van der Waals surface area contributed by atoms with Crippen LogP contribution in [0.5, 0.6) is 0 Å². The molecular formula is C14H26N4S. The van der Waals surface area contributed by atoms with Gasteiger partial charge in [-0.3, -0.25) is 4.90 Å². The van der Waals surface area contributed by atoms with Crippen LogP contribution in [0.25, 0.3) is 0 Å². The molecule has 0 radical (unpaired) electrons. The van der Waals surface area contributed by atoms with Gasteiger partial charge < -0.3 is 10.6 Å². The third kappa shape index (κ3) is 2.93. The lowest BCUT2D eigenvalue weighted by Gasteiger charge is -2.42. The van der Waals surface area contributed by atoms with Gasteiger partial charge in [0.05, 0.1) is 5.69 Å². The molecular weight excluding hydrogens is 256 g/mol. The first-order chi connectivity index (χ1) is 8.93. The highest BCUT2D eigenvalue weighted by Crippen LogP contribution is 2.32. The van der Waals surface area contributed by atoms with Crippen molar-refractivity contribution in [3.63, 3.8) is 0 Å². The van der Waals surface area contributed by atoms with E-state index >= 15 is 0 Å². The first-order valence-corrected chi connectivity index (χ1v) is 7.92. The maximum Gasteiger partial charge on any atom is 0.185 e. The van der Waals surface area contributed by atoms with Crippen LogP contribution in [0.1, 0.15) is 44.2 Å². The second kappa shape index (κ2) is 5.77. The van der Waals surface area contributed by atoms with Crippen molar-refractivity contribution >= 4 is 16.5 Å². The molecule has 0 saturated carbocycles. The highest BCUT2D eigenvalue weighted by Gasteiger charge is 2.28. The number of aromatic nitrogens is 1. The topological polar surface area (TPSA) is 45.4 Å². The molecule has 2 rings (SSSR count). The van der Waals surface area contributed by atoms with Crippen LogP contribution in [0.2, 0.25) is 0 Å². The average molecular weight is 282 g/mol. The van der Waals surface area contributed by atoms with E-state index in [2.05, 4.69) is 44.5 Å². The molecule has 1 aromatic rings. The van der Waals surface area contributed by atoms with Gasteiger partial charge >= 0.3 is 0 Å². The zero-order valence-corrected chi connectivity index (χ0v) is 13.5. The number of nitrogens with zero attached hydrogens (tertiary/aromatic N) is 3. The van der Waals surface area contributed by atoms with Crippen LogP contribution in [0.4, 0.5) is 5.13 Å².